The minimum Gasteiger partial charge on any atom is -0.494 e. The van der Waals surface area contributed by atoms with Crippen LogP contribution in [0.15, 0.2) is 29.2 Å². The van der Waals surface area contributed by atoms with Crippen LogP contribution in [0.3, 0.4) is 0 Å². The summed E-state index contributed by atoms with van der Waals surface area (Å²) in [6, 6.07) is 5.06. The van der Waals surface area contributed by atoms with Gasteiger partial charge in [-0.1, -0.05) is 0 Å². The predicted octanol–water partition coefficient (Wildman–Crippen LogP) is 1.63. The number of nitrogens with zero attached hydrogens (tertiary/aromatic N) is 1. The Morgan fingerprint density at radius 2 is 1.81 bits per heavy atom. The van der Waals surface area contributed by atoms with Gasteiger partial charge in [0.05, 0.1) is 11.5 Å². The molecule has 1 rings (SSSR count). The molecular weight excluding hydrogens is 311 g/mol. The third-order valence-corrected chi connectivity index (χ3v) is 4.32. The number of sulfonamides is 1. The van der Waals surface area contributed by atoms with Crippen LogP contribution in [0, 0.1) is 0 Å². The highest BCUT2D eigenvalue weighted by molar-refractivity contribution is 7.89. The molecule has 0 fully saturated rings. The van der Waals surface area contributed by atoms with Crippen LogP contribution in [-0.2, 0) is 10.0 Å². The van der Waals surface area contributed by atoms with Crippen LogP contribution in [0.25, 0.3) is 0 Å². The van der Waals surface area contributed by atoms with Gasteiger partial charge < -0.3 is 9.84 Å². The van der Waals surface area contributed by atoms with Gasteiger partial charge in [-0.05, 0) is 24.3 Å². The largest absolute Gasteiger partial charge is 0.494 e. The molecule has 0 saturated heterocycles. The van der Waals surface area contributed by atoms with Crippen LogP contribution in [0.5, 0.6) is 5.75 Å². The summed E-state index contributed by atoms with van der Waals surface area (Å²) in [7, 11) is -3.33. The lowest BCUT2D eigenvalue weighted by atomic mass is 10.3. The molecule has 0 aliphatic carbocycles. The monoisotopic (exact) mass is 327 g/mol. The lowest BCUT2D eigenvalue weighted by Crippen LogP contribution is -2.35. The SMILES string of the molecule is CN(CC(F)(F)F)S(=O)(=O)c1ccc(OCCCO)cc1. The number of rotatable bonds is 7. The maximum Gasteiger partial charge on any atom is 0.402 e. The Balaban J connectivity index is 2.80. The van der Waals surface area contributed by atoms with Crippen molar-refractivity contribution in [3.63, 3.8) is 0 Å². The first-order chi connectivity index (χ1) is 9.66. The molecule has 0 spiro atoms. The summed E-state index contributed by atoms with van der Waals surface area (Å²) in [6.45, 7) is -1.32. The van der Waals surface area contributed by atoms with E-state index in [-0.39, 0.29) is 22.4 Å². The van der Waals surface area contributed by atoms with Crippen LogP contribution in [0.2, 0.25) is 0 Å². The van der Waals surface area contributed by atoms with Crippen molar-refractivity contribution < 1.29 is 31.4 Å². The average Bonchev–Trinajstić information content (AvgIpc) is 2.37. The number of halogens is 3. The van der Waals surface area contributed by atoms with E-state index in [1.54, 1.807) is 0 Å². The molecule has 1 aromatic rings. The summed E-state index contributed by atoms with van der Waals surface area (Å²) < 4.78 is 66.0. The van der Waals surface area contributed by atoms with Crippen LogP contribution in [-0.4, -0.2) is 50.8 Å². The number of hydrogen-bond donors (Lipinski definition) is 1. The third-order valence-electron chi connectivity index (χ3n) is 2.51. The molecule has 0 aliphatic heterocycles. The lowest BCUT2D eigenvalue weighted by molar-refractivity contribution is -0.134. The van der Waals surface area contributed by atoms with Crippen molar-refractivity contribution in [2.75, 3.05) is 26.8 Å². The van der Waals surface area contributed by atoms with Crippen LogP contribution >= 0.6 is 0 Å². The van der Waals surface area contributed by atoms with E-state index in [1.807, 2.05) is 0 Å². The topological polar surface area (TPSA) is 66.8 Å². The molecule has 0 amide bonds. The molecule has 0 radical (unpaired) electrons. The maximum absolute atomic E-state index is 12.2. The van der Waals surface area contributed by atoms with E-state index in [2.05, 4.69) is 0 Å². The van der Waals surface area contributed by atoms with Gasteiger partial charge in [0.1, 0.15) is 12.3 Å². The second-order valence-corrected chi connectivity index (χ2v) is 6.32. The first-order valence-corrected chi connectivity index (χ1v) is 7.47. The van der Waals surface area contributed by atoms with E-state index in [1.165, 1.54) is 24.3 Å². The fourth-order valence-electron chi connectivity index (χ4n) is 1.48. The number of alkyl halides is 3. The zero-order chi connectivity index (χ0) is 16.1. The molecule has 0 saturated carbocycles. The molecule has 9 heteroatoms. The Morgan fingerprint density at radius 3 is 2.29 bits per heavy atom. The summed E-state index contributed by atoms with van der Waals surface area (Å²) in [6.07, 6.45) is -4.18. The quantitative estimate of drug-likeness (QED) is 0.773. The molecule has 0 aliphatic rings. The van der Waals surface area contributed by atoms with E-state index >= 15 is 0 Å². The molecule has 21 heavy (non-hydrogen) atoms. The first kappa shape index (κ1) is 17.7. The highest BCUT2D eigenvalue weighted by Crippen LogP contribution is 2.22. The molecule has 5 nitrogen and oxygen atoms in total. The number of aliphatic hydroxyl groups excluding tert-OH is 1. The van der Waals surface area contributed by atoms with Gasteiger partial charge in [-0.25, -0.2) is 8.42 Å². The summed E-state index contributed by atoms with van der Waals surface area (Å²) >= 11 is 0. The average molecular weight is 327 g/mol. The molecule has 0 aromatic heterocycles. The molecule has 0 atom stereocenters. The number of benzene rings is 1. The maximum atomic E-state index is 12.2. The third kappa shape index (κ3) is 5.52. The Labute approximate surface area is 121 Å². The standard InChI is InChI=1S/C12H16F3NO4S/c1-16(9-12(13,14)15)21(18,19)11-5-3-10(4-6-11)20-8-2-7-17/h3-6,17H,2,7-9H2,1H3. The van der Waals surface area contributed by atoms with Crippen molar-refractivity contribution in [2.45, 2.75) is 17.5 Å². The van der Waals surface area contributed by atoms with Gasteiger partial charge in [0.25, 0.3) is 0 Å². The van der Waals surface area contributed by atoms with E-state index in [0.29, 0.717) is 12.2 Å². The molecule has 0 heterocycles. The van der Waals surface area contributed by atoms with Gasteiger partial charge in [0.15, 0.2) is 0 Å². The second kappa shape index (κ2) is 7.10. The molecule has 0 bridgehead atoms. The molecule has 1 N–H and O–H groups in total. The summed E-state index contributed by atoms with van der Waals surface area (Å²) in [5.41, 5.74) is 0. The summed E-state index contributed by atoms with van der Waals surface area (Å²) in [5, 5.41) is 8.59. The zero-order valence-electron chi connectivity index (χ0n) is 11.3. The molecule has 1 aromatic carbocycles. The number of hydrogen-bond acceptors (Lipinski definition) is 4. The fraction of sp³-hybridized carbons (Fsp3) is 0.500. The van der Waals surface area contributed by atoms with E-state index in [4.69, 9.17) is 9.84 Å². The van der Waals surface area contributed by atoms with Crippen LogP contribution in [0.4, 0.5) is 13.2 Å². The first-order valence-electron chi connectivity index (χ1n) is 6.03. The van der Waals surface area contributed by atoms with Crippen LogP contribution in [0.1, 0.15) is 6.42 Å². The van der Waals surface area contributed by atoms with Gasteiger partial charge in [-0.2, -0.15) is 17.5 Å². The normalized spacial score (nSPS) is 12.7. The Bertz CT molecular complexity index is 543. The highest BCUT2D eigenvalue weighted by atomic mass is 32.2. The minimum atomic E-state index is -4.60. The van der Waals surface area contributed by atoms with Crippen molar-refractivity contribution in [3.8, 4) is 5.75 Å². The van der Waals surface area contributed by atoms with Gasteiger partial charge >= 0.3 is 6.18 Å². The highest BCUT2D eigenvalue weighted by Gasteiger charge is 2.34. The lowest BCUT2D eigenvalue weighted by Gasteiger charge is -2.18. The fourth-order valence-corrected chi connectivity index (χ4v) is 2.64. The zero-order valence-corrected chi connectivity index (χ0v) is 12.1. The molecular formula is C12H16F3NO4S. The Morgan fingerprint density at radius 1 is 1.24 bits per heavy atom. The Hall–Kier alpha value is -1.32. The van der Waals surface area contributed by atoms with Crippen molar-refractivity contribution in [2.24, 2.45) is 0 Å². The predicted molar refractivity (Wildman–Crippen MR) is 69.5 cm³/mol. The van der Waals surface area contributed by atoms with Crippen molar-refractivity contribution >= 4 is 10.0 Å². The minimum absolute atomic E-state index is 0.0330. The second-order valence-electron chi connectivity index (χ2n) is 4.27. The van der Waals surface area contributed by atoms with Gasteiger partial charge in [0, 0.05) is 20.1 Å². The van der Waals surface area contributed by atoms with Crippen molar-refractivity contribution in [1.82, 2.24) is 4.31 Å². The number of aliphatic hydroxyl groups is 1. The van der Waals surface area contributed by atoms with Gasteiger partial charge in [0.2, 0.25) is 10.0 Å². The van der Waals surface area contributed by atoms with E-state index < -0.39 is 22.7 Å². The van der Waals surface area contributed by atoms with Gasteiger partial charge in [-0.3, -0.25) is 0 Å². The van der Waals surface area contributed by atoms with Gasteiger partial charge in [-0.15, -0.1) is 0 Å². The Kier molecular flexibility index (Phi) is 5.99. The summed E-state index contributed by atoms with van der Waals surface area (Å²) in [4.78, 5) is -0.247. The van der Waals surface area contributed by atoms with Crippen LogP contribution < -0.4 is 4.74 Å². The van der Waals surface area contributed by atoms with E-state index in [0.717, 1.165) is 7.05 Å². The molecule has 120 valence electrons. The summed E-state index contributed by atoms with van der Waals surface area (Å²) in [5.74, 6) is 0.376. The smallest absolute Gasteiger partial charge is 0.402 e. The molecule has 0 unspecified atom stereocenters. The van der Waals surface area contributed by atoms with Crippen molar-refractivity contribution in [3.05, 3.63) is 24.3 Å². The van der Waals surface area contributed by atoms with Crippen molar-refractivity contribution in [1.29, 1.82) is 0 Å². The van der Waals surface area contributed by atoms with E-state index in [9.17, 15) is 21.6 Å². The number of ether oxygens (including phenoxy) is 1.